The van der Waals surface area contributed by atoms with Crippen molar-refractivity contribution in [3.63, 3.8) is 0 Å². The first-order valence-corrected chi connectivity index (χ1v) is 8.87. The van der Waals surface area contributed by atoms with Crippen molar-refractivity contribution in [3.05, 3.63) is 22.4 Å². The molecular formula is C16H26N4OS. The molecule has 2 heterocycles. The number of carbonyl (C=O) groups excluding carboxylic acids is 1. The number of nitrogens with zero attached hydrogens (tertiary/aromatic N) is 3. The molecule has 1 amide bonds. The average molecular weight is 322 g/mol. The van der Waals surface area contributed by atoms with Gasteiger partial charge in [-0.25, -0.2) is 0 Å². The van der Waals surface area contributed by atoms with Crippen LogP contribution in [0, 0.1) is 0 Å². The van der Waals surface area contributed by atoms with Crippen molar-refractivity contribution in [2.75, 3.05) is 39.3 Å². The van der Waals surface area contributed by atoms with E-state index in [-0.39, 0.29) is 5.91 Å². The van der Waals surface area contributed by atoms with Gasteiger partial charge in [0.1, 0.15) is 0 Å². The minimum atomic E-state index is 0.160. The first-order valence-electron chi connectivity index (χ1n) is 7.92. The van der Waals surface area contributed by atoms with Crippen LogP contribution in [0.2, 0.25) is 0 Å². The molecule has 1 fully saturated rings. The van der Waals surface area contributed by atoms with Gasteiger partial charge in [-0.05, 0) is 29.3 Å². The number of rotatable bonds is 4. The maximum atomic E-state index is 11.4. The zero-order valence-electron chi connectivity index (χ0n) is 13.7. The molecule has 0 bridgehead atoms. The van der Waals surface area contributed by atoms with Gasteiger partial charge in [0.15, 0.2) is 5.96 Å². The van der Waals surface area contributed by atoms with Gasteiger partial charge >= 0.3 is 0 Å². The molecule has 2 rings (SSSR count). The second-order valence-corrected chi connectivity index (χ2v) is 6.43. The lowest BCUT2D eigenvalue weighted by atomic mass is 10.1. The monoisotopic (exact) mass is 322 g/mol. The highest BCUT2D eigenvalue weighted by atomic mass is 32.1. The van der Waals surface area contributed by atoms with Crippen molar-refractivity contribution in [2.45, 2.75) is 26.7 Å². The van der Waals surface area contributed by atoms with E-state index in [1.54, 1.807) is 18.3 Å². The van der Waals surface area contributed by atoms with Crippen LogP contribution >= 0.6 is 11.3 Å². The largest absolute Gasteiger partial charge is 0.357 e. The summed E-state index contributed by atoms with van der Waals surface area (Å²) >= 11 is 1.73. The predicted molar refractivity (Wildman–Crippen MR) is 92.5 cm³/mol. The fraction of sp³-hybridized carbons (Fsp3) is 0.625. The lowest BCUT2D eigenvalue weighted by Gasteiger charge is -2.36. The Morgan fingerprint density at radius 1 is 1.36 bits per heavy atom. The maximum Gasteiger partial charge on any atom is 0.219 e. The van der Waals surface area contributed by atoms with Crippen LogP contribution in [0.1, 0.15) is 32.3 Å². The van der Waals surface area contributed by atoms with Crippen molar-refractivity contribution < 1.29 is 4.79 Å². The van der Waals surface area contributed by atoms with E-state index in [1.165, 1.54) is 5.56 Å². The third kappa shape index (κ3) is 4.47. The SMILES string of the molecule is CCNC(=NCC(C)c1ccsc1)N1CCN(C(C)=O)CC1. The Hall–Kier alpha value is -1.56. The molecule has 1 aromatic heterocycles. The maximum absolute atomic E-state index is 11.4. The molecule has 1 atom stereocenters. The van der Waals surface area contributed by atoms with E-state index in [9.17, 15) is 4.79 Å². The Morgan fingerprint density at radius 2 is 2.05 bits per heavy atom. The number of piperazine rings is 1. The van der Waals surface area contributed by atoms with E-state index in [0.29, 0.717) is 5.92 Å². The summed E-state index contributed by atoms with van der Waals surface area (Å²) in [6.07, 6.45) is 0. The van der Waals surface area contributed by atoms with Crippen LogP contribution in [0.5, 0.6) is 0 Å². The van der Waals surface area contributed by atoms with Crippen molar-refractivity contribution in [3.8, 4) is 0 Å². The number of guanidine groups is 1. The van der Waals surface area contributed by atoms with Gasteiger partial charge in [0.25, 0.3) is 0 Å². The molecule has 0 aromatic carbocycles. The van der Waals surface area contributed by atoms with Gasteiger partial charge in [0, 0.05) is 52.1 Å². The summed E-state index contributed by atoms with van der Waals surface area (Å²) < 4.78 is 0. The summed E-state index contributed by atoms with van der Waals surface area (Å²) in [5.74, 6) is 1.55. The summed E-state index contributed by atoms with van der Waals surface area (Å²) in [5, 5.41) is 7.68. The smallest absolute Gasteiger partial charge is 0.219 e. The van der Waals surface area contributed by atoms with Gasteiger partial charge in [-0.2, -0.15) is 11.3 Å². The topological polar surface area (TPSA) is 47.9 Å². The van der Waals surface area contributed by atoms with Crippen LogP contribution < -0.4 is 5.32 Å². The van der Waals surface area contributed by atoms with E-state index >= 15 is 0 Å². The molecular weight excluding hydrogens is 296 g/mol. The van der Waals surface area contributed by atoms with E-state index < -0.39 is 0 Å². The van der Waals surface area contributed by atoms with E-state index in [1.807, 2.05) is 4.90 Å². The molecule has 1 unspecified atom stereocenters. The Balaban J connectivity index is 1.94. The molecule has 1 aliphatic heterocycles. The Bertz CT molecular complexity index is 492. The molecule has 0 aliphatic carbocycles. The lowest BCUT2D eigenvalue weighted by molar-refractivity contribution is -0.130. The minimum Gasteiger partial charge on any atom is -0.357 e. The Labute approximate surface area is 137 Å². The van der Waals surface area contributed by atoms with Gasteiger partial charge in [-0.15, -0.1) is 0 Å². The Morgan fingerprint density at radius 3 is 2.59 bits per heavy atom. The summed E-state index contributed by atoms with van der Waals surface area (Å²) in [6.45, 7) is 10.8. The third-order valence-corrected chi connectivity index (χ3v) is 4.69. The first-order chi connectivity index (χ1) is 10.6. The van der Waals surface area contributed by atoms with Crippen molar-refractivity contribution in [1.29, 1.82) is 0 Å². The number of carbonyl (C=O) groups is 1. The zero-order chi connectivity index (χ0) is 15.9. The Kier molecular flexibility index (Phi) is 6.24. The van der Waals surface area contributed by atoms with Gasteiger partial charge < -0.3 is 15.1 Å². The average Bonchev–Trinajstić information content (AvgIpc) is 3.05. The first kappa shape index (κ1) is 16.8. The molecule has 1 N–H and O–H groups in total. The molecule has 1 aromatic rings. The minimum absolute atomic E-state index is 0.160. The highest BCUT2D eigenvalue weighted by Crippen LogP contribution is 2.18. The summed E-state index contributed by atoms with van der Waals surface area (Å²) in [5.41, 5.74) is 1.35. The summed E-state index contributed by atoms with van der Waals surface area (Å²) in [6, 6.07) is 2.17. The lowest BCUT2D eigenvalue weighted by Crippen LogP contribution is -2.53. The highest BCUT2D eigenvalue weighted by molar-refractivity contribution is 7.07. The van der Waals surface area contributed by atoms with Crippen LogP contribution in [-0.4, -0.2) is 60.9 Å². The molecule has 0 radical (unpaired) electrons. The number of thiophene rings is 1. The second-order valence-electron chi connectivity index (χ2n) is 5.65. The fourth-order valence-corrected chi connectivity index (χ4v) is 3.33. The molecule has 1 saturated heterocycles. The number of hydrogen-bond donors (Lipinski definition) is 1. The number of hydrogen-bond acceptors (Lipinski definition) is 3. The zero-order valence-corrected chi connectivity index (χ0v) is 14.5. The van der Waals surface area contributed by atoms with Gasteiger partial charge in [-0.1, -0.05) is 6.92 Å². The van der Waals surface area contributed by atoms with E-state index in [0.717, 1.165) is 45.2 Å². The third-order valence-electron chi connectivity index (χ3n) is 3.99. The van der Waals surface area contributed by atoms with E-state index in [4.69, 9.17) is 4.99 Å². The number of nitrogens with one attached hydrogen (secondary N) is 1. The summed E-state index contributed by atoms with van der Waals surface area (Å²) in [4.78, 5) is 20.4. The fourth-order valence-electron chi connectivity index (χ4n) is 2.54. The quantitative estimate of drug-likeness (QED) is 0.681. The van der Waals surface area contributed by atoms with Crippen LogP contribution in [0.4, 0.5) is 0 Å². The van der Waals surface area contributed by atoms with Crippen LogP contribution in [0.15, 0.2) is 21.8 Å². The molecule has 0 saturated carbocycles. The second kappa shape index (κ2) is 8.17. The van der Waals surface area contributed by atoms with Crippen molar-refractivity contribution in [2.24, 2.45) is 4.99 Å². The molecule has 6 heteroatoms. The molecule has 22 heavy (non-hydrogen) atoms. The van der Waals surface area contributed by atoms with E-state index in [2.05, 4.69) is 40.9 Å². The van der Waals surface area contributed by atoms with Gasteiger partial charge in [0.05, 0.1) is 0 Å². The van der Waals surface area contributed by atoms with Gasteiger partial charge in [-0.3, -0.25) is 9.79 Å². The normalized spacial score (nSPS) is 17.5. The number of amides is 1. The van der Waals surface area contributed by atoms with Crippen LogP contribution in [0.3, 0.4) is 0 Å². The van der Waals surface area contributed by atoms with Crippen molar-refractivity contribution >= 4 is 23.2 Å². The predicted octanol–water partition coefficient (Wildman–Crippen LogP) is 1.98. The van der Waals surface area contributed by atoms with Crippen LogP contribution in [-0.2, 0) is 4.79 Å². The number of aliphatic imine (C=N–C) groups is 1. The summed E-state index contributed by atoms with van der Waals surface area (Å²) in [7, 11) is 0. The van der Waals surface area contributed by atoms with Crippen LogP contribution in [0.25, 0.3) is 0 Å². The molecule has 122 valence electrons. The highest BCUT2D eigenvalue weighted by Gasteiger charge is 2.21. The molecule has 5 nitrogen and oxygen atoms in total. The standard InChI is InChI=1S/C16H26N4OS/c1-4-17-16(18-11-13(2)15-5-10-22-12-15)20-8-6-19(7-9-20)14(3)21/h5,10,12-13H,4,6-9,11H2,1-3H3,(H,17,18). The van der Waals surface area contributed by atoms with Crippen molar-refractivity contribution in [1.82, 2.24) is 15.1 Å². The molecule has 1 aliphatic rings. The van der Waals surface area contributed by atoms with Gasteiger partial charge in [0.2, 0.25) is 5.91 Å². The molecule has 0 spiro atoms.